The fourth-order valence-electron chi connectivity index (χ4n) is 15.2. The number of rotatable bonds is 46. The summed E-state index contributed by atoms with van der Waals surface area (Å²) in [5.74, 6) is -140. The molecular weight excluding hydrogens is 1900 g/mol. The lowest BCUT2D eigenvalue weighted by molar-refractivity contribution is -0.439. The minimum atomic E-state index is -8.24. The van der Waals surface area contributed by atoms with Gasteiger partial charge in [-0.1, -0.05) is 20.8 Å². The van der Waals surface area contributed by atoms with Gasteiger partial charge in [0.25, 0.3) is 0 Å². The molecule has 0 saturated heterocycles. The molecule has 59 heteroatoms. The van der Waals surface area contributed by atoms with Crippen LogP contribution < -0.4 is 0 Å². The first-order chi connectivity index (χ1) is 55.9. The SMILES string of the molecule is C[C@H](CCC(=O)O)[C@H]1CC[C@H]2[C@@H]3[C@H](OC(=O)CCC(=O)OCCS(=O)CCC(F)(F)C(F)(F)C(F)(F)C(F)(F)C(F)(F)C(F)(F)F)C[C@@H]4C[C@H](OC(=O)CCC(=O)OCCS(=O)CCC(F)(F)C(F)(F)C(F)(F)C(F)(F)C(F)(F)C(F)(F)F)CC[C@]4(C)[C@H]3C[C@H](OC(=O)CCC(=O)OCCS(=O)CCC(F)(F)C(F)(F)C(F)(F)C(F)(F)C(F)(F)C(F)(F)F)[C@]12C. The molecule has 0 aromatic rings. The molecule has 4 aliphatic carbocycles. The van der Waals surface area contributed by atoms with Gasteiger partial charge in [-0.2, -0.15) is 171 Å². The van der Waals surface area contributed by atoms with E-state index in [0.29, 0.717) is 0 Å². The summed E-state index contributed by atoms with van der Waals surface area (Å²) in [7, 11) is -9.08. The van der Waals surface area contributed by atoms with Crippen LogP contribution in [0.15, 0.2) is 0 Å². The molecule has 17 nitrogen and oxygen atoms in total. The number of carboxylic acid groups (broad SMARTS) is 1. The molecule has 0 heterocycles. The topological polar surface area (TPSA) is 246 Å². The second kappa shape index (κ2) is 38.8. The van der Waals surface area contributed by atoms with Crippen molar-refractivity contribution in [3.8, 4) is 0 Å². The summed E-state index contributed by atoms with van der Waals surface area (Å²) in [6.45, 7) is 1.37. The zero-order chi connectivity index (χ0) is 97.3. The minimum absolute atomic E-state index is 0.00610. The fraction of sp³-hybridized carbons (Fsp3) is 0.894. The van der Waals surface area contributed by atoms with Gasteiger partial charge in [0.05, 0.1) is 55.8 Å². The number of hydrogen-bond acceptors (Lipinski definition) is 16. The Balaban J connectivity index is 1.56. The highest BCUT2D eigenvalue weighted by Crippen LogP contribution is 2.71. The molecule has 0 bridgehead atoms. The number of carbonyl (C=O) groups excluding carboxylic acids is 6. The number of aliphatic carboxylic acids is 1. The van der Waals surface area contributed by atoms with E-state index in [0.717, 1.165) is 0 Å². The van der Waals surface area contributed by atoms with Gasteiger partial charge in [-0.15, -0.1) is 0 Å². The van der Waals surface area contributed by atoms with Crippen LogP contribution in [0, 0.1) is 46.3 Å². The average molecular weight is 1980 g/mol. The highest BCUT2D eigenvalue weighted by molar-refractivity contribution is 7.85. The molecule has 0 aliphatic heterocycles. The van der Waals surface area contributed by atoms with Crippen LogP contribution in [0.2, 0.25) is 0 Å². The Morgan fingerprint density at radius 1 is 0.360 bits per heavy atom. The number of fused-ring (bicyclic) bond motifs is 5. The first-order valence-electron chi connectivity index (χ1n) is 36.1. The molecule has 0 spiro atoms. The maximum absolute atomic E-state index is 14.4. The van der Waals surface area contributed by atoms with E-state index in [1.54, 1.807) is 20.8 Å². The van der Waals surface area contributed by atoms with Crippen molar-refractivity contribution >= 4 is 74.2 Å². The van der Waals surface area contributed by atoms with Gasteiger partial charge >= 0.3 is 149 Å². The third kappa shape index (κ3) is 22.4. The standard InChI is InChI=1S/C66H73F39O17S3/c1-31(4-7-39(106)107)34-5-6-35-46-36(30-38(48(34,35)3)122-45(113)13-10-42(110)119-21-27-125(116)24-18-51(71,72)54(77,78)57(83,84)60(89,90)63(95,96)66(103,104)105)47(2)15-14-33(120-43(111)11-8-40(108)117-19-25-123(114)22-16-49(67,68)52(73,74)55(79,80)58(85,86)61(91,92)64(97,98)99)28-32(47)29-37(46)121-44(112)12-9-41(109)118-20-26-124(115)23-17-50(69,70)53(75,76)56(81,82)59(87,88)62(93,94)65(100,101)102/h31-38,46H,4-30H2,1-3H3,(H,106,107)/t31-,32+,33-,34-,35+,36+,37-,38+,46+,47+,48-,123?,124?,125?/m1/s1. The van der Waals surface area contributed by atoms with Crippen LogP contribution >= 0.6 is 0 Å². The van der Waals surface area contributed by atoms with Crippen LogP contribution in [0.3, 0.4) is 0 Å². The van der Waals surface area contributed by atoms with E-state index in [1.807, 2.05) is 0 Å². The van der Waals surface area contributed by atoms with Gasteiger partial charge in [-0.05, 0) is 86.4 Å². The zero-order valence-corrected chi connectivity index (χ0v) is 66.2. The molecule has 0 aromatic heterocycles. The molecule has 14 atom stereocenters. The normalized spacial score (nSPS) is 24.5. The van der Waals surface area contributed by atoms with Crippen LogP contribution in [-0.2, 0) is 94.4 Å². The van der Waals surface area contributed by atoms with Crippen molar-refractivity contribution in [3.63, 3.8) is 0 Å². The van der Waals surface area contributed by atoms with E-state index >= 15 is 0 Å². The summed E-state index contributed by atoms with van der Waals surface area (Å²) in [6.07, 6.45) is -42.5. The third-order valence-electron chi connectivity index (χ3n) is 22.4. The van der Waals surface area contributed by atoms with Crippen molar-refractivity contribution < 1.29 is 251 Å². The van der Waals surface area contributed by atoms with Gasteiger partial charge < -0.3 is 33.5 Å². The quantitative estimate of drug-likeness (QED) is 0.0338. The Hall–Kier alpha value is -5.99. The van der Waals surface area contributed by atoms with E-state index in [2.05, 4.69) is 4.74 Å². The highest BCUT2D eigenvalue weighted by Gasteiger charge is 2.94. The van der Waals surface area contributed by atoms with Crippen molar-refractivity contribution in [2.75, 3.05) is 54.3 Å². The lowest BCUT2D eigenvalue weighted by atomic mass is 9.43. The maximum Gasteiger partial charge on any atom is 0.460 e. The van der Waals surface area contributed by atoms with E-state index < -0.39 is 365 Å². The second-order valence-corrected chi connectivity index (χ2v) is 35.4. The minimum Gasteiger partial charge on any atom is -0.481 e. The summed E-state index contributed by atoms with van der Waals surface area (Å²) < 4.78 is 599. The molecule has 1 N–H and O–H groups in total. The number of carbonyl (C=O) groups is 7. The first kappa shape index (κ1) is 111. The van der Waals surface area contributed by atoms with Gasteiger partial charge in [-0.25, -0.2) is 0 Å². The summed E-state index contributed by atoms with van der Waals surface area (Å²) in [6, 6.07) is 0. The number of alkyl halides is 39. The van der Waals surface area contributed by atoms with Crippen LogP contribution in [0.25, 0.3) is 0 Å². The Kier molecular flexibility index (Phi) is 34.6. The van der Waals surface area contributed by atoms with E-state index in [1.165, 1.54) is 0 Å². The second-order valence-electron chi connectivity index (χ2n) is 30.3. The maximum atomic E-state index is 14.4. The van der Waals surface area contributed by atoms with E-state index in [-0.39, 0.29) is 51.4 Å². The van der Waals surface area contributed by atoms with Crippen molar-refractivity contribution in [1.82, 2.24) is 0 Å². The summed E-state index contributed by atoms with van der Waals surface area (Å²) >= 11 is 0. The number of hydrogen-bond donors (Lipinski definition) is 1. The van der Waals surface area contributed by atoms with Gasteiger partial charge in [0.1, 0.15) is 38.1 Å². The summed E-state index contributed by atoms with van der Waals surface area (Å²) in [5, 5.41) is 9.66. The predicted octanol–water partition coefficient (Wildman–Crippen LogP) is 17.7. The van der Waals surface area contributed by atoms with Crippen LogP contribution in [-0.4, -0.2) is 240 Å². The molecule has 4 fully saturated rings. The molecule has 0 amide bonds. The highest BCUT2D eigenvalue weighted by atomic mass is 32.2. The molecule has 4 aliphatic rings. The van der Waals surface area contributed by atoms with Crippen molar-refractivity contribution in [3.05, 3.63) is 0 Å². The van der Waals surface area contributed by atoms with Crippen LogP contribution in [0.1, 0.15) is 136 Å². The van der Waals surface area contributed by atoms with Crippen LogP contribution in [0.4, 0.5) is 171 Å². The Bertz CT molecular complexity index is 3860. The lowest BCUT2D eigenvalue weighted by Crippen LogP contribution is -2.70. The molecule has 0 aromatic carbocycles. The summed E-state index contributed by atoms with van der Waals surface area (Å²) in [5.41, 5.74) is -2.42. The zero-order valence-electron chi connectivity index (χ0n) is 63.7. The molecule has 730 valence electrons. The molecule has 0 radical (unpaired) electrons. The van der Waals surface area contributed by atoms with E-state index in [9.17, 15) is 223 Å². The molecule has 3 unspecified atom stereocenters. The smallest absolute Gasteiger partial charge is 0.460 e. The van der Waals surface area contributed by atoms with Gasteiger partial charge in [0, 0.05) is 86.7 Å². The predicted molar refractivity (Wildman–Crippen MR) is 342 cm³/mol. The van der Waals surface area contributed by atoms with Gasteiger partial charge in [0.2, 0.25) is 0 Å². The Morgan fingerprint density at radius 3 is 0.984 bits per heavy atom. The number of ether oxygens (including phenoxy) is 6. The third-order valence-corrected chi connectivity index (χ3v) is 26.2. The van der Waals surface area contributed by atoms with Gasteiger partial charge in [-0.3, -0.25) is 46.2 Å². The largest absolute Gasteiger partial charge is 0.481 e. The monoisotopic (exact) mass is 1970 g/mol. The molecule has 125 heavy (non-hydrogen) atoms. The molecule has 4 rings (SSSR count). The lowest BCUT2D eigenvalue weighted by Gasteiger charge is -2.64. The number of carboxylic acids is 1. The Morgan fingerprint density at radius 2 is 0.664 bits per heavy atom. The first-order valence-corrected chi connectivity index (χ1v) is 40.6. The van der Waals surface area contributed by atoms with Crippen molar-refractivity contribution in [1.29, 1.82) is 0 Å². The fourth-order valence-corrected chi connectivity index (χ4v) is 18.1. The van der Waals surface area contributed by atoms with Crippen molar-refractivity contribution in [2.45, 2.75) is 262 Å². The summed E-state index contributed by atoms with van der Waals surface area (Å²) in [4.78, 5) is 91.5. The molecule has 4 saturated carbocycles. The van der Waals surface area contributed by atoms with Crippen molar-refractivity contribution in [2.24, 2.45) is 46.3 Å². The van der Waals surface area contributed by atoms with E-state index in [4.69, 9.17) is 23.7 Å². The Labute approximate surface area is 686 Å². The number of esters is 6. The number of halogens is 39. The van der Waals surface area contributed by atoms with Gasteiger partial charge in [0.15, 0.2) is 0 Å². The average Bonchev–Trinajstić information content (AvgIpc) is 1.57. The molecular formula is C66H73F39O17S3. The van der Waals surface area contributed by atoms with Crippen LogP contribution in [0.5, 0.6) is 0 Å².